The predicted molar refractivity (Wildman–Crippen MR) is 121 cm³/mol. The minimum Gasteiger partial charge on any atom is -0.504 e. The van der Waals surface area contributed by atoms with Crippen molar-refractivity contribution >= 4 is 22.9 Å². The Morgan fingerprint density at radius 2 is 1.78 bits per heavy atom. The summed E-state index contributed by atoms with van der Waals surface area (Å²) in [7, 11) is 1.44. The smallest absolute Gasteiger partial charge is 0.292 e. The molecule has 2 N–H and O–H groups in total. The summed E-state index contributed by atoms with van der Waals surface area (Å²) < 4.78 is 6.33. The molecule has 0 spiro atoms. The van der Waals surface area contributed by atoms with E-state index in [2.05, 4.69) is 15.6 Å². The minimum absolute atomic E-state index is 0.0724. The van der Waals surface area contributed by atoms with Crippen LogP contribution in [0.3, 0.4) is 0 Å². The van der Waals surface area contributed by atoms with E-state index in [0.717, 1.165) is 5.56 Å². The van der Waals surface area contributed by atoms with Crippen molar-refractivity contribution in [2.75, 3.05) is 7.11 Å². The number of para-hydroxylation sites is 1. The Morgan fingerprint density at radius 3 is 2.53 bits per heavy atom. The molecule has 3 aromatic carbocycles. The molecule has 4 rings (SSSR count). The third-order valence-electron chi connectivity index (χ3n) is 4.88. The van der Waals surface area contributed by atoms with Crippen LogP contribution in [0.1, 0.15) is 21.6 Å². The maximum atomic E-state index is 12.9. The molecule has 160 valence electrons. The summed E-state index contributed by atoms with van der Waals surface area (Å²) in [6.45, 7) is 0.228. The van der Waals surface area contributed by atoms with Crippen LogP contribution in [0.25, 0.3) is 10.8 Å². The molecular formula is C24H20N4O4. The van der Waals surface area contributed by atoms with Crippen LogP contribution in [0.5, 0.6) is 11.5 Å². The number of benzene rings is 3. The van der Waals surface area contributed by atoms with Crippen LogP contribution in [-0.4, -0.2) is 34.1 Å². The first-order valence-electron chi connectivity index (χ1n) is 9.81. The third-order valence-corrected chi connectivity index (χ3v) is 4.88. The summed E-state index contributed by atoms with van der Waals surface area (Å²) in [5.41, 5.74) is 3.46. The summed E-state index contributed by atoms with van der Waals surface area (Å²) in [5, 5.41) is 19.2. The van der Waals surface area contributed by atoms with Gasteiger partial charge < -0.3 is 9.84 Å². The summed E-state index contributed by atoms with van der Waals surface area (Å²) in [6.07, 6.45) is 1.30. The fourth-order valence-corrected chi connectivity index (χ4v) is 3.29. The van der Waals surface area contributed by atoms with E-state index >= 15 is 0 Å². The van der Waals surface area contributed by atoms with Crippen LogP contribution in [0.2, 0.25) is 0 Å². The Hall–Kier alpha value is -4.46. The van der Waals surface area contributed by atoms with Crippen LogP contribution < -0.4 is 15.7 Å². The van der Waals surface area contributed by atoms with Gasteiger partial charge in [-0.3, -0.25) is 9.59 Å². The highest BCUT2D eigenvalue weighted by Crippen LogP contribution is 2.27. The molecule has 0 bridgehead atoms. The molecule has 8 nitrogen and oxygen atoms in total. The summed E-state index contributed by atoms with van der Waals surface area (Å²) in [6, 6.07) is 21.1. The molecule has 0 aliphatic carbocycles. The number of fused-ring (bicyclic) bond motifs is 1. The van der Waals surface area contributed by atoms with Crippen molar-refractivity contribution in [1.82, 2.24) is 15.2 Å². The second kappa shape index (κ2) is 9.13. The van der Waals surface area contributed by atoms with Gasteiger partial charge in [0.25, 0.3) is 11.5 Å². The largest absolute Gasteiger partial charge is 0.504 e. The number of hydrazone groups is 1. The molecule has 0 atom stereocenters. The molecule has 0 aliphatic heterocycles. The van der Waals surface area contributed by atoms with Crippen molar-refractivity contribution in [2.24, 2.45) is 5.10 Å². The van der Waals surface area contributed by atoms with Crippen molar-refractivity contribution in [3.05, 3.63) is 100.0 Å². The Labute approximate surface area is 183 Å². The Morgan fingerprint density at radius 1 is 1.06 bits per heavy atom. The number of aromatic nitrogens is 2. The number of amides is 1. The van der Waals surface area contributed by atoms with Gasteiger partial charge in [0.05, 0.1) is 25.3 Å². The van der Waals surface area contributed by atoms with Crippen LogP contribution in [-0.2, 0) is 6.54 Å². The Balaban J connectivity index is 1.66. The molecule has 1 heterocycles. The zero-order valence-corrected chi connectivity index (χ0v) is 17.2. The van der Waals surface area contributed by atoms with E-state index in [-0.39, 0.29) is 23.5 Å². The van der Waals surface area contributed by atoms with Gasteiger partial charge in [0.15, 0.2) is 17.2 Å². The average molecular weight is 428 g/mol. The van der Waals surface area contributed by atoms with Crippen LogP contribution in [0, 0.1) is 0 Å². The fraction of sp³-hybridized carbons (Fsp3) is 0.0833. The van der Waals surface area contributed by atoms with Crippen molar-refractivity contribution < 1.29 is 14.6 Å². The molecule has 0 aliphatic rings. The number of nitrogens with zero attached hydrogens (tertiary/aromatic N) is 3. The third kappa shape index (κ3) is 4.20. The Bertz CT molecular complexity index is 1360. The van der Waals surface area contributed by atoms with Gasteiger partial charge >= 0.3 is 0 Å². The lowest BCUT2D eigenvalue weighted by molar-refractivity contribution is 0.0949. The van der Waals surface area contributed by atoms with Crippen molar-refractivity contribution in [3.8, 4) is 11.5 Å². The maximum Gasteiger partial charge on any atom is 0.292 e. The molecule has 0 radical (unpaired) electrons. The molecule has 0 saturated heterocycles. The second-order valence-electron chi connectivity index (χ2n) is 6.94. The number of methoxy groups -OCH3 is 1. The van der Waals surface area contributed by atoms with E-state index in [0.29, 0.717) is 22.1 Å². The first kappa shape index (κ1) is 20.8. The minimum atomic E-state index is -0.582. The quantitative estimate of drug-likeness (QED) is 0.363. The molecular weight excluding hydrogens is 408 g/mol. The van der Waals surface area contributed by atoms with Gasteiger partial charge in [0, 0.05) is 10.9 Å². The molecule has 8 heteroatoms. The van der Waals surface area contributed by atoms with Crippen LogP contribution in [0.4, 0.5) is 0 Å². The van der Waals surface area contributed by atoms with Crippen molar-refractivity contribution in [3.63, 3.8) is 0 Å². The Kier molecular flexibility index (Phi) is 5.94. The van der Waals surface area contributed by atoms with E-state index in [1.54, 1.807) is 42.5 Å². The number of hydrogen-bond acceptors (Lipinski definition) is 6. The van der Waals surface area contributed by atoms with E-state index in [1.165, 1.54) is 18.0 Å². The first-order chi connectivity index (χ1) is 15.6. The highest BCUT2D eigenvalue weighted by Gasteiger charge is 2.16. The lowest BCUT2D eigenvalue weighted by Crippen LogP contribution is -2.29. The van der Waals surface area contributed by atoms with E-state index < -0.39 is 5.91 Å². The molecule has 1 amide bonds. The molecule has 4 aromatic rings. The molecule has 0 unspecified atom stereocenters. The average Bonchev–Trinajstić information content (AvgIpc) is 2.82. The SMILES string of the molecule is COc1cccc(/C=N/NC(=O)c2nn(Cc3ccccc3)c(=O)c3ccccc23)c1O. The van der Waals surface area contributed by atoms with Crippen molar-refractivity contribution in [2.45, 2.75) is 6.54 Å². The van der Waals surface area contributed by atoms with Gasteiger partial charge in [0.2, 0.25) is 0 Å². The van der Waals surface area contributed by atoms with Gasteiger partial charge in [-0.25, -0.2) is 10.1 Å². The number of rotatable bonds is 6. The predicted octanol–water partition coefficient (Wildman–Crippen LogP) is 2.92. The van der Waals surface area contributed by atoms with Crippen LogP contribution >= 0.6 is 0 Å². The number of ether oxygens (including phenoxy) is 1. The molecule has 0 saturated carbocycles. The molecule has 0 fully saturated rings. The van der Waals surface area contributed by atoms with Gasteiger partial charge in [-0.2, -0.15) is 10.2 Å². The highest BCUT2D eigenvalue weighted by molar-refractivity contribution is 6.05. The van der Waals surface area contributed by atoms with E-state index in [4.69, 9.17) is 4.74 Å². The highest BCUT2D eigenvalue weighted by atomic mass is 16.5. The van der Waals surface area contributed by atoms with Gasteiger partial charge in [-0.1, -0.05) is 54.6 Å². The summed E-state index contributed by atoms with van der Waals surface area (Å²) in [5.74, 6) is -0.379. The standard InChI is InChI=1S/C24H20N4O4/c1-32-20-13-7-10-17(22(20)29)14-25-26-23(30)21-18-11-5-6-12-19(18)24(31)28(27-21)15-16-8-3-2-4-9-16/h2-14,29H,15H2,1H3,(H,26,30)/b25-14+. The number of carbonyl (C=O) groups is 1. The second-order valence-corrected chi connectivity index (χ2v) is 6.94. The monoisotopic (exact) mass is 428 g/mol. The lowest BCUT2D eigenvalue weighted by atomic mass is 10.1. The fourth-order valence-electron chi connectivity index (χ4n) is 3.29. The number of phenols is 1. The van der Waals surface area contributed by atoms with Gasteiger partial charge in [-0.05, 0) is 23.8 Å². The van der Waals surface area contributed by atoms with Crippen molar-refractivity contribution in [1.29, 1.82) is 0 Å². The zero-order chi connectivity index (χ0) is 22.5. The zero-order valence-electron chi connectivity index (χ0n) is 17.2. The van der Waals surface area contributed by atoms with E-state index in [1.807, 2.05) is 30.3 Å². The summed E-state index contributed by atoms with van der Waals surface area (Å²) >= 11 is 0. The molecule has 1 aromatic heterocycles. The number of hydrogen-bond donors (Lipinski definition) is 2. The van der Waals surface area contributed by atoms with Gasteiger partial charge in [-0.15, -0.1) is 0 Å². The number of nitrogens with one attached hydrogen (secondary N) is 1. The lowest BCUT2D eigenvalue weighted by Gasteiger charge is -2.10. The number of phenolic OH excluding ortho intramolecular Hbond substituents is 1. The number of aromatic hydroxyl groups is 1. The van der Waals surface area contributed by atoms with Crippen LogP contribution in [0.15, 0.2) is 82.7 Å². The maximum absolute atomic E-state index is 12.9. The normalized spacial score (nSPS) is 11.0. The van der Waals surface area contributed by atoms with E-state index in [9.17, 15) is 14.7 Å². The van der Waals surface area contributed by atoms with Gasteiger partial charge in [0.1, 0.15) is 0 Å². The molecule has 32 heavy (non-hydrogen) atoms. The number of carbonyl (C=O) groups excluding carboxylic acids is 1. The topological polar surface area (TPSA) is 106 Å². The summed E-state index contributed by atoms with van der Waals surface area (Å²) in [4.78, 5) is 25.8. The first-order valence-corrected chi connectivity index (χ1v) is 9.81.